The average molecular weight is 208 g/mol. The van der Waals surface area contributed by atoms with Crippen molar-refractivity contribution < 1.29 is 14.6 Å². The highest BCUT2D eigenvalue weighted by Gasteiger charge is 2.20. The maximum absolute atomic E-state index is 10.9. The number of aldehydes is 1. The predicted molar refractivity (Wildman–Crippen MR) is 58.3 cm³/mol. The van der Waals surface area contributed by atoms with Gasteiger partial charge in [-0.1, -0.05) is 26.0 Å². The van der Waals surface area contributed by atoms with Gasteiger partial charge in [-0.25, -0.2) is 0 Å². The second kappa shape index (κ2) is 4.82. The summed E-state index contributed by atoms with van der Waals surface area (Å²) in [6.45, 7) is 3.88. The van der Waals surface area contributed by atoms with Crippen LogP contribution in [0.2, 0.25) is 0 Å². The molecule has 0 bridgehead atoms. The first-order chi connectivity index (χ1) is 7.11. The third-order valence-electron chi connectivity index (χ3n) is 2.47. The van der Waals surface area contributed by atoms with Crippen molar-refractivity contribution in [2.45, 2.75) is 19.8 Å². The second-order valence-electron chi connectivity index (χ2n) is 3.80. The lowest BCUT2D eigenvalue weighted by Crippen LogP contribution is -2.08. The molecule has 0 aromatic heterocycles. The van der Waals surface area contributed by atoms with Gasteiger partial charge in [0.05, 0.1) is 7.11 Å². The van der Waals surface area contributed by atoms with Crippen LogP contribution in [-0.4, -0.2) is 18.5 Å². The lowest BCUT2D eigenvalue weighted by molar-refractivity contribution is -0.109. The number of phenols is 1. The first kappa shape index (κ1) is 11.6. The fraction of sp³-hybridized carbons (Fsp3) is 0.417. The van der Waals surface area contributed by atoms with E-state index in [1.54, 1.807) is 18.2 Å². The second-order valence-corrected chi connectivity index (χ2v) is 3.80. The van der Waals surface area contributed by atoms with Crippen LogP contribution >= 0.6 is 0 Å². The number of carbonyl (C=O) groups excluding carboxylic acids is 1. The van der Waals surface area contributed by atoms with Crippen LogP contribution in [0.15, 0.2) is 18.2 Å². The molecule has 82 valence electrons. The monoisotopic (exact) mass is 208 g/mol. The Labute approximate surface area is 89.7 Å². The van der Waals surface area contributed by atoms with E-state index in [4.69, 9.17) is 4.74 Å². The first-order valence-electron chi connectivity index (χ1n) is 4.93. The predicted octanol–water partition coefficient (Wildman–Crippen LogP) is 2.34. The summed E-state index contributed by atoms with van der Waals surface area (Å²) in [6, 6.07) is 5.19. The lowest BCUT2D eigenvalue weighted by Gasteiger charge is -2.17. The zero-order valence-electron chi connectivity index (χ0n) is 9.23. The summed E-state index contributed by atoms with van der Waals surface area (Å²) in [5.74, 6) is 0.325. The molecule has 1 N–H and O–H groups in total. The van der Waals surface area contributed by atoms with Crippen molar-refractivity contribution >= 4 is 6.29 Å². The van der Waals surface area contributed by atoms with E-state index >= 15 is 0 Å². The molecule has 3 nitrogen and oxygen atoms in total. The molecule has 1 aromatic rings. The Morgan fingerprint density at radius 1 is 1.40 bits per heavy atom. The van der Waals surface area contributed by atoms with Crippen molar-refractivity contribution in [2.24, 2.45) is 5.92 Å². The van der Waals surface area contributed by atoms with E-state index in [0.717, 1.165) is 6.29 Å². The zero-order valence-corrected chi connectivity index (χ0v) is 9.23. The molecule has 1 aromatic carbocycles. The zero-order chi connectivity index (χ0) is 11.4. The number of carbonyl (C=O) groups is 1. The number of aromatic hydroxyl groups is 1. The number of hydrogen-bond donors (Lipinski definition) is 1. The Morgan fingerprint density at radius 3 is 2.53 bits per heavy atom. The summed E-state index contributed by atoms with van der Waals surface area (Å²) in [5, 5.41) is 9.86. The van der Waals surface area contributed by atoms with E-state index in [-0.39, 0.29) is 17.6 Å². The number of phenolic OH excluding ortho intramolecular Hbond substituents is 1. The van der Waals surface area contributed by atoms with Gasteiger partial charge in [0.25, 0.3) is 0 Å². The molecule has 15 heavy (non-hydrogen) atoms. The van der Waals surface area contributed by atoms with Crippen LogP contribution in [0.5, 0.6) is 11.5 Å². The highest BCUT2D eigenvalue weighted by Crippen LogP contribution is 2.36. The van der Waals surface area contributed by atoms with Crippen molar-refractivity contribution in [1.82, 2.24) is 0 Å². The van der Waals surface area contributed by atoms with Crippen molar-refractivity contribution in [2.75, 3.05) is 7.11 Å². The van der Waals surface area contributed by atoms with Gasteiger partial charge in [-0.3, -0.25) is 0 Å². The van der Waals surface area contributed by atoms with Gasteiger partial charge in [-0.15, -0.1) is 0 Å². The molecule has 0 fully saturated rings. The Morgan fingerprint density at radius 2 is 2.07 bits per heavy atom. The van der Waals surface area contributed by atoms with Crippen molar-refractivity contribution in [3.63, 3.8) is 0 Å². The molecule has 1 rings (SSSR count). The van der Waals surface area contributed by atoms with Crippen molar-refractivity contribution in [3.8, 4) is 11.5 Å². The van der Waals surface area contributed by atoms with Crippen LogP contribution in [0.25, 0.3) is 0 Å². The Balaban J connectivity index is 3.18. The maximum Gasteiger partial charge on any atom is 0.161 e. The largest absolute Gasteiger partial charge is 0.504 e. The van der Waals surface area contributed by atoms with Crippen LogP contribution in [0.3, 0.4) is 0 Å². The van der Waals surface area contributed by atoms with Gasteiger partial charge in [0.2, 0.25) is 0 Å². The third-order valence-corrected chi connectivity index (χ3v) is 2.47. The minimum absolute atomic E-state index is 0.0609. The Kier molecular flexibility index (Phi) is 3.72. The molecule has 0 saturated heterocycles. The molecule has 0 heterocycles. The average Bonchev–Trinajstić information content (AvgIpc) is 2.21. The summed E-state index contributed by atoms with van der Waals surface area (Å²) in [5.41, 5.74) is 0.624. The summed E-state index contributed by atoms with van der Waals surface area (Å²) >= 11 is 0. The molecule has 0 saturated carbocycles. The van der Waals surface area contributed by atoms with Crippen LogP contribution < -0.4 is 4.74 Å². The van der Waals surface area contributed by atoms with Crippen molar-refractivity contribution in [1.29, 1.82) is 0 Å². The van der Waals surface area contributed by atoms with Gasteiger partial charge in [0.1, 0.15) is 6.29 Å². The topological polar surface area (TPSA) is 46.5 Å². The summed E-state index contributed by atoms with van der Waals surface area (Å²) < 4.78 is 4.99. The summed E-state index contributed by atoms with van der Waals surface area (Å²) in [7, 11) is 1.49. The number of hydrogen-bond acceptors (Lipinski definition) is 3. The number of rotatable bonds is 4. The third kappa shape index (κ3) is 2.29. The van der Waals surface area contributed by atoms with Crippen molar-refractivity contribution in [3.05, 3.63) is 23.8 Å². The molecular formula is C12H16O3. The van der Waals surface area contributed by atoms with Crippen LogP contribution in [0.1, 0.15) is 25.3 Å². The number of benzene rings is 1. The number of para-hydroxylation sites is 1. The molecule has 1 atom stereocenters. The smallest absolute Gasteiger partial charge is 0.161 e. The molecule has 0 spiro atoms. The van der Waals surface area contributed by atoms with E-state index in [1.807, 2.05) is 13.8 Å². The minimum atomic E-state index is -0.292. The minimum Gasteiger partial charge on any atom is -0.504 e. The van der Waals surface area contributed by atoms with Crippen LogP contribution in [0.4, 0.5) is 0 Å². The van der Waals surface area contributed by atoms with E-state index in [2.05, 4.69) is 0 Å². The molecule has 0 amide bonds. The van der Waals surface area contributed by atoms with Crippen LogP contribution in [-0.2, 0) is 4.79 Å². The lowest BCUT2D eigenvalue weighted by atomic mass is 9.89. The van der Waals surface area contributed by atoms with Gasteiger partial charge in [0, 0.05) is 11.5 Å². The fourth-order valence-electron chi connectivity index (χ4n) is 1.56. The van der Waals surface area contributed by atoms with E-state index < -0.39 is 0 Å². The summed E-state index contributed by atoms with van der Waals surface area (Å²) in [6.07, 6.45) is 0.860. The SMILES string of the molecule is COc1cccc(C(C=O)C(C)C)c1O. The molecule has 1 unspecified atom stereocenters. The van der Waals surface area contributed by atoms with Crippen LogP contribution in [0, 0.1) is 5.92 Å². The van der Waals surface area contributed by atoms with Gasteiger partial charge in [-0.05, 0) is 12.0 Å². The Hall–Kier alpha value is -1.51. The van der Waals surface area contributed by atoms with E-state index in [9.17, 15) is 9.90 Å². The highest BCUT2D eigenvalue weighted by molar-refractivity contribution is 5.66. The molecule has 3 heteroatoms. The molecule has 0 radical (unpaired) electrons. The molecular weight excluding hydrogens is 192 g/mol. The fourth-order valence-corrected chi connectivity index (χ4v) is 1.56. The normalized spacial score (nSPS) is 12.5. The van der Waals surface area contributed by atoms with E-state index in [1.165, 1.54) is 7.11 Å². The molecule has 0 aliphatic rings. The van der Waals surface area contributed by atoms with Gasteiger partial charge < -0.3 is 14.6 Å². The summed E-state index contributed by atoms with van der Waals surface area (Å²) in [4.78, 5) is 10.9. The highest BCUT2D eigenvalue weighted by atomic mass is 16.5. The van der Waals surface area contributed by atoms with E-state index in [0.29, 0.717) is 11.3 Å². The van der Waals surface area contributed by atoms with Gasteiger partial charge in [0.15, 0.2) is 11.5 Å². The van der Waals surface area contributed by atoms with Gasteiger partial charge >= 0.3 is 0 Å². The number of methoxy groups -OCH3 is 1. The standard InChI is InChI=1S/C12H16O3/c1-8(2)10(7-13)9-5-4-6-11(15-3)12(9)14/h4-8,10,14H,1-3H3. The molecule has 0 aliphatic heterocycles. The number of ether oxygens (including phenoxy) is 1. The molecule has 0 aliphatic carbocycles. The van der Waals surface area contributed by atoms with Gasteiger partial charge in [-0.2, -0.15) is 0 Å². The Bertz CT molecular complexity index is 345. The maximum atomic E-state index is 10.9. The quantitative estimate of drug-likeness (QED) is 0.772. The first-order valence-corrected chi connectivity index (χ1v) is 4.93.